The van der Waals surface area contributed by atoms with Crippen LogP contribution in [0.15, 0.2) is 18.3 Å². The Balaban J connectivity index is 2.14. The van der Waals surface area contributed by atoms with Crippen LogP contribution in [0, 0.1) is 0 Å². The molecule has 1 saturated carbocycles. The van der Waals surface area contributed by atoms with Gasteiger partial charge in [-0.2, -0.15) is 0 Å². The van der Waals surface area contributed by atoms with Gasteiger partial charge in [-0.05, 0) is 18.9 Å². The molecular weight excluding hydrogens is 276 g/mol. The molecule has 0 amide bonds. The number of halogens is 1. The number of rotatable bonds is 3. The zero-order valence-corrected chi connectivity index (χ0v) is 12.1. The van der Waals surface area contributed by atoms with Crippen molar-refractivity contribution in [1.82, 2.24) is 4.98 Å². The number of anilines is 1. The van der Waals surface area contributed by atoms with E-state index in [0.717, 1.165) is 11.1 Å². The van der Waals surface area contributed by atoms with Gasteiger partial charge in [0.05, 0.1) is 0 Å². The van der Waals surface area contributed by atoms with E-state index in [0.29, 0.717) is 6.04 Å². The SMILES string of the molecule is CN(c1ncccc1CBr)C1CCCCCC1. The first kappa shape index (κ1) is 12.9. The molecule has 1 aliphatic rings. The lowest BCUT2D eigenvalue weighted by molar-refractivity contribution is 0.548. The lowest BCUT2D eigenvalue weighted by atomic mass is 10.1. The Bertz CT molecular complexity index is 346. The van der Waals surface area contributed by atoms with Crippen LogP contribution in [0.2, 0.25) is 0 Å². The van der Waals surface area contributed by atoms with Gasteiger partial charge in [-0.15, -0.1) is 0 Å². The Morgan fingerprint density at radius 2 is 2.00 bits per heavy atom. The zero-order chi connectivity index (χ0) is 12.1. The van der Waals surface area contributed by atoms with Crippen LogP contribution >= 0.6 is 15.9 Å². The third-order valence-electron chi connectivity index (χ3n) is 3.72. The predicted octanol–water partition coefficient (Wildman–Crippen LogP) is 4.14. The lowest BCUT2D eigenvalue weighted by Crippen LogP contribution is -2.32. The molecule has 1 fully saturated rings. The van der Waals surface area contributed by atoms with Crippen LogP contribution in [0.25, 0.3) is 0 Å². The maximum atomic E-state index is 4.55. The van der Waals surface area contributed by atoms with Gasteiger partial charge in [0.1, 0.15) is 5.82 Å². The second-order valence-corrected chi connectivity index (χ2v) is 5.44. The van der Waals surface area contributed by atoms with Crippen molar-refractivity contribution in [2.45, 2.75) is 49.9 Å². The van der Waals surface area contributed by atoms with Gasteiger partial charge in [-0.1, -0.05) is 47.7 Å². The van der Waals surface area contributed by atoms with Gasteiger partial charge in [-0.3, -0.25) is 0 Å². The van der Waals surface area contributed by atoms with Gasteiger partial charge < -0.3 is 4.90 Å². The molecule has 1 aliphatic carbocycles. The summed E-state index contributed by atoms with van der Waals surface area (Å²) in [5, 5.41) is 0.882. The fourth-order valence-corrected chi connectivity index (χ4v) is 3.11. The number of hydrogen-bond acceptors (Lipinski definition) is 2. The summed E-state index contributed by atoms with van der Waals surface area (Å²) in [6.07, 6.45) is 10.1. The Labute approximate surface area is 113 Å². The van der Waals surface area contributed by atoms with E-state index in [1.807, 2.05) is 12.3 Å². The van der Waals surface area contributed by atoms with Crippen LogP contribution < -0.4 is 4.90 Å². The van der Waals surface area contributed by atoms with E-state index in [1.165, 1.54) is 44.1 Å². The Kier molecular flexibility index (Phi) is 4.84. The smallest absolute Gasteiger partial charge is 0.132 e. The van der Waals surface area contributed by atoms with E-state index < -0.39 is 0 Å². The van der Waals surface area contributed by atoms with Crippen LogP contribution in [-0.2, 0) is 5.33 Å². The van der Waals surface area contributed by atoms with Crippen LogP contribution in [-0.4, -0.2) is 18.1 Å². The fourth-order valence-electron chi connectivity index (χ4n) is 2.67. The van der Waals surface area contributed by atoms with Crippen LogP contribution in [0.4, 0.5) is 5.82 Å². The largest absolute Gasteiger partial charge is 0.356 e. The highest BCUT2D eigenvalue weighted by atomic mass is 79.9. The summed E-state index contributed by atoms with van der Waals surface area (Å²) in [4.78, 5) is 6.94. The number of pyridine rings is 1. The zero-order valence-electron chi connectivity index (χ0n) is 10.5. The fraction of sp³-hybridized carbons (Fsp3) is 0.643. The molecule has 3 heteroatoms. The van der Waals surface area contributed by atoms with Crippen LogP contribution in [0.1, 0.15) is 44.1 Å². The summed E-state index contributed by atoms with van der Waals surface area (Å²) in [6, 6.07) is 4.84. The minimum atomic E-state index is 0.671. The molecule has 0 N–H and O–H groups in total. The van der Waals surface area contributed by atoms with E-state index in [4.69, 9.17) is 0 Å². The first-order valence-corrected chi connectivity index (χ1v) is 7.67. The molecule has 0 radical (unpaired) electrons. The minimum Gasteiger partial charge on any atom is -0.356 e. The van der Waals surface area contributed by atoms with Gasteiger partial charge in [-0.25, -0.2) is 4.98 Å². The number of hydrogen-bond donors (Lipinski definition) is 0. The first-order valence-electron chi connectivity index (χ1n) is 6.55. The molecule has 0 bridgehead atoms. The minimum absolute atomic E-state index is 0.671. The average molecular weight is 297 g/mol. The lowest BCUT2D eigenvalue weighted by Gasteiger charge is -2.29. The Hall–Kier alpha value is -0.570. The van der Waals surface area contributed by atoms with Crippen molar-refractivity contribution in [2.75, 3.05) is 11.9 Å². The predicted molar refractivity (Wildman–Crippen MR) is 76.8 cm³/mol. The molecule has 0 saturated heterocycles. The summed E-state index contributed by atoms with van der Waals surface area (Å²) in [5.74, 6) is 1.15. The second kappa shape index (κ2) is 6.39. The third kappa shape index (κ3) is 3.21. The highest BCUT2D eigenvalue weighted by Gasteiger charge is 2.19. The summed E-state index contributed by atoms with van der Waals surface area (Å²) in [6.45, 7) is 0. The molecule has 0 unspecified atom stereocenters. The molecule has 0 aliphatic heterocycles. The van der Waals surface area contributed by atoms with E-state index in [2.05, 4.69) is 38.9 Å². The monoisotopic (exact) mass is 296 g/mol. The van der Waals surface area contributed by atoms with E-state index in [9.17, 15) is 0 Å². The van der Waals surface area contributed by atoms with Gasteiger partial charge >= 0.3 is 0 Å². The molecule has 94 valence electrons. The first-order chi connectivity index (χ1) is 8.33. The quantitative estimate of drug-likeness (QED) is 0.616. The van der Waals surface area contributed by atoms with E-state index in [1.54, 1.807) is 0 Å². The van der Waals surface area contributed by atoms with Crippen molar-refractivity contribution >= 4 is 21.7 Å². The third-order valence-corrected chi connectivity index (χ3v) is 4.32. The second-order valence-electron chi connectivity index (χ2n) is 4.88. The van der Waals surface area contributed by atoms with Crippen LogP contribution in [0.3, 0.4) is 0 Å². The molecule has 1 heterocycles. The van der Waals surface area contributed by atoms with Crippen LogP contribution in [0.5, 0.6) is 0 Å². The molecule has 1 aromatic heterocycles. The summed E-state index contributed by atoms with van der Waals surface area (Å²) in [5.41, 5.74) is 1.29. The molecule has 1 aromatic rings. The van der Waals surface area contributed by atoms with Gasteiger partial charge in [0.25, 0.3) is 0 Å². The maximum absolute atomic E-state index is 4.55. The van der Waals surface area contributed by atoms with Crippen molar-refractivity contribution in [3.8, 4) is 0 Å². The molecule has 0 aromatic carbocycles. The number of nitrogens with zero attached hydrogens (tertiary/aromatic N) is 2. The van der Waals surface area contributed by atoms with Gasteiger partial charge in [0.15, 0.2) is 0 Å². The standard InChI is InChI=1S/C14H21BrN2/c1-17(13-8-4-2-3-5-9-13)14-12(11-15)7-6-10-16-14/h6-7,10,13H,2-5,8-9,11H2,1H3. The molecule has 0 spiro atoms. The maximum Gasteiger partial charge on any atom is 0.132 e. The highest BCUT2D eigenvalue weighted by Crippen LogP contribution is 2.27. The highest BCUT2D eigenvalue weighted by molar-refractivity contribution is 9.08. The van der Waals surface area contributed by atoms with Crippen molar-refractivity contribution in [2.24, 2.45) is 0 Å². The number of aromatic nitrogens is 1. The number of alkyl halides is 1. The molecule has 2 nitrogen and oxygen atoms in total. The molecule has 0 atom stereocenters. The Morgan fingerprint density at radius 3 is 2.65 bits per heavy atom. The topological polar surface area (TPSA) is 16.1 Å². The van der Waals surface area contributed by atoms with Crippen molar-refractivity contribution in [3.05, 3.63) is 23.9 Å². The van der Waals surface area contributed by atoms with E-state index >= 15 is 0 Å². The average Bonchev–Trinajstić information content (AvgIpc) is 2.66. The Morgan fingerprint density at radius 1 is 1.29 bits per heavy atom. The molecular formula is C14H21BrN2. The van der Waals surface area contributed by atoms with Crippen molar-refractivity contribution < 1.29 is 0 Å². The summed E-state index contributed by atoms with van der Waals surface area (Å²) < 4.78 is 0. The van der Waals surface area contributed by atoms with Gasteiger partial charge in [0, 0.05) is 30.2 Å². The van der Waals surface area contributed by atoms with Crippen molar-refractivity contribution in [3.63, 3.8) is 0 Å². The van der Waals surface area contributed by atoms with E-state index in [-0.39, 0.29) is 0 Å². The summed E-state index contributed by atoms with van der Waals surface area (Å²) in [7, 11) is 2.20. The normalized spacial score (nSPS) is 17.8. The molecule has 2 rings (SSSR count). The molecule has 17 heavy (non-hydrogen) atoms. The van der Waals surface area contributed by atoms with Crippen molar-refractivity contribution in [1.29, 1.82) is 0 Å². The summed E-state index contributed by atoms with van der Waals surface area (Å²) >= 11 is 3.55. The van der Waals surface area contributed by atoms with Gasteiger partial charge in [0.2, 0.25) is 0 Å².